The number of carbonyl (C=O) groups is 3. The highest BCUT2D eigenvalue weighted by molar-refractivity contribution is 5.94. The van der Waals surface area contributed by atoms with Crippen LogP contribution < -0.4 is 10.6 Å². The van der Waals surface area contributed by atoms with Gasteiger partial charge >= 0.3 is 5.97 Å². The average molecular weight is 344 g/mol. The summed E-state index contributed by atoms with van der Waals surface area (Å²) in [7, 11) is 0. The van der Waals surface area contributed by atoms with E-state index in [4.69, 9.17) is 5.11 Å². The van der Waals surface area contributed by atoms with E-state index < -0.39 is 11.4 Å². The second-order valence-electron chi connectivity index (χ2n) is 7.16. The molecule has 0 bridgehead atoms. The van der Waals surface area contributed by atoms with Gasteiger partial charge in [0.15, 0.2) is 0 Å². The van der Waals surface area contributed by atoms with Gasteiger partial charge in [-0.05, 0) is 43.4 Å². The Hall–Kier alpha value is -2.37. The molecule has 3 rings (SSSR count). The van der Waals surface area contributed by atoms with Gasteiger partial charge in [0.05, 0.1) is 5.41 Å². The van der Waals surface area contributed by atoms with Gasteiger partial charge in [-0.2, -0.15) is 0 Å². The Balaban J connectivity index is 1.47. The molecule has 1 aromatic carbocycles. The number of carboxylic acid groups (broad SMARTS) is 1. The maximum absolute atomic E-state index is 12.1. The topological polar surface area (TPSA) is 95.5 Å². The summed E-state index contributed by atoms with van der Waals surface area (Å²) < 4.78 is 0. The molecule has 2 aliphatic rings. The van der Waals surface area contributed by atoms with Gasteiger partial charge < -0.3 is 15.7 Å². The second kappa shape index (κ2) is 7.25. The minimum absolute atomic E-state index is 0.114. The van der Waals surface area contributed by atoms with Gasteiger partial charge in [-0.25, -0.2) is 0 Å². The van der Waals surface area contributed by atoms with Crippen molar-refractivity contribution in [2.24, 2.45) is 11.3 Å². The molecule has 2 amide bonds. The third-order valence-electron chi connectivity index (χ3n) is 5.30. The van der Waals surface area contributed by atoms with Crippen molar-refractivity contribution in [3.8, 4) is 0 Å². The molecule has 25 heavy (non-hydrogen) atoms. The lowest BCUT2D eigenvalue weighted by Crippen LogP contribution is -2.34. The first-order valence-corrected chi connectivity index (χ1v) is 8.88. The Morgan fingerprint density at radius 3 is 2.24 bits per heavy atom. The predicted octanol–water partition coefficient (Wildman–Crippen LogP) is 2.09. The fraction of sp³-hybridized carbons (Fsp3) is 0.526. The molecule has 0 atom stereocenters. The van der Waals surface area contributed by atoms with Crippen LogP contribution in [0.5, 0.6) is 0 Å². The highest BCUT2D eigenvalue weighted by atomic mass is 16.4. The summed E-state index contributed by atoms with van der Waals surface area (Å²) in [6, 6.07) is 7.03. The molecule has 1 aromatic rings. The summed E-state index contributed by atoms with van der Waals surface area (Å²) in [4.78, 5) is 35.2. The van der Waals surface area contributed by atoms with Crippen LogP contribution >= 0.6 is 0 Å². The molecule has 0 aromatic heterocycles. The molecule has 0 saturated heterocycles. The third-order valence-corrected chi connectivity index (χ3v) is 5.30. The van der Waals surface area contributed by atoms with Crippen molar-refractivity contribution < 1.29 is 19.5 Å². The van der Waals surface area contributed by atoms with Crippen LogP contribution in [-0.2, 0) is 16.1 Å². The molecule has 2 saturated carbocycles. The number of hydrogen-bond acceptors (Lipinski definition) is 3. The van der Waals surface area contributed by atoms with Crippen molar-refractivity contribution in [3.63, 3.8) is 0 Å². The number of aliphatic carboxylic acids is 1. The quantitative estimate of drug-likeness (QED) is 0.706. The van der Waals surface area contributed by atoms with Crippen LogP contribution in [0.15, 0.2) is 24.3 Å². The zero-order chi connectivity index (χ0) is 17.9. The molecule has 2 fully saturated rings. The van der Waals surface area contributed by atoms with Crippen LogP contribution in [0.3, 0.4) is 0 Å². The highest BCUT2D eigenvalue weighted by Crippen LogP contribution is 2.45. The molecular weight excluding hydrogens is 320 g/mol. The predicted molar refractivity (Wildman–Crippen MR) is 91.9 cm³/mol. The molecule has 6 nitrogen and oxygen atoms in total. The van der Waals surface area contributed by atoms with Crippen molar-refractivity contribution >= 4 is 17.8 Å². The lowest BCUT2D eigenvalue weighted by molar-refractivity contribution is -0.143. The van der Waals surface area contributed by atoms with Gasteiger partial charge in [0.25, 0.3) is 5.91 Å². The average Bonchev–Trinajstić information content (AvgIpc) is 3.22. The molecule has 0 radical (unpaired) electrons. The van der Waals surface area contributed by atoms with Gasteiger partial charge in [0, 0.05) is 24.6 Å². The Bertz CT molecular complexity index is 659. The van der Waals surface area contributed by atoms with Crippen molar-refractivity contribution in [1.29, 1.82) is 0 Å². The minimum Gasteiger partial charge on any atom is -0.481 e. The first-order chi connectivity index (χ1) is 12.0. The van der Waals surface area contributed by atoms with E-state index in [1.807, 2.05) is 12.1 Å². The minimum atomic E-state index is -0.846. The summed E-state index contributed by atoms with van der Waals surface area (Å²) in [5.41, 5.74) is 0.666. The SMILES string of the molecule is O=C(NCC1(C(=O)O)CC1)c1ccc(CNC(=O)C2CCCC2)cc1. The molecule has 0 unspecified atom stereocenters. The molecule has 6 heteroatoms. The van der Waals surface area contributed by atoms with E-state index >= 15 is 0 Å². The summed E-state index contributed by atoms with van der Waals surface area (Å²) in [6.45, 7) is 0.625. The second-order valence-corrected chi connectivity index (χ2v) is 7.16. The zero-order valence-electron chi connectivity index (χ0n) is 14.2. The van der Waals surface area contributed by atoms with Crippen LogP contribution in [0, 0.1) is 11.3 Å². The number of hydrogen-bond donors (Lipinski definition) is 3. The number of carboxylic acids is 1. The highest BCUT2D eigenvalue weighted by Gasteiger charge is 2.50. The van der Waals surface area contributed by atoms with Crippen LogP contribution in [0.25, 0.3) is 0 Å². The number of benzene rings is 1. The summed E-state index contributed by atoms with van der Waals surface area (Å²) in [6.07, 6.45) is 5.44. The normalized spacial score (nSPS) is 18.6. The number of rotatable bonds is 7. The van der Waals surface area contributed by atoms with Gasteiger partial charge in [-0.15, -0.1) is 0 Å². The lowest BCUT2D eigenvalue weighted by Gasteiger charge is -2.12. The van der Waals surface area contributed by atoms with E-state index in [0.717, 1.165) is 31.2 Å². The number of amides is 2. The standard InChI is InChI=1S/C19H24N2O4/c22-16(14-3-1-2-4-14)20-11-13-5-7-15(8-6-13)17(23)21-12-19(9-10-19)18(24)25/h5-8,14H,1-4,9-12H2,(H,20,22)(H,21,23)(H,24,25). The van der Waals surface area contributed by atoms with E-state index in [-0.39, 0.29) is 24.3 Å². The molecule has 3 N–H and O–H groups in total. The van der Waals surface area contributed by atoms with E-state index in [2.05, 4.69) is 10.6 Å². The molecular formula is C19H24N2O4. The molecule has 0 spiro atoms. The van der Waals surface area contributed by atoms with Crippen LogP contribution in [0.4, 0.5) is 0 Å². The molecule has 0 heterocycles. The monoisotopic (exact) mass is 344 g/mol. The fourth-order valence-electron chi connectivity index (χ4n) is 3.26. The lowest BCUT2D eigenvalue weighted by atomic mass is 10.1. The first kappa shape index (κ1) is 17.5. The third kappa shape index (κ3) is 4.18. The Morgan fingerprint density at radius 1 is 1.04 bits per heavy atom. The van der Waals surface area contributed by atoms with Gasteiger partial charge in [0.1, 0.15) is 0 Å². The zero-order valence-corrected chi connectivity index (χ0v) is 14.2. The fourth-order valence-corrected chi connectivity index (χ4v) is 3.26. The van der Waals surface area contributed by atoms with Crippen molar-refractivity contribution in [1.82, 2.24) is 10.6 Å². The van der Waals surface area contributed by atoms with E-state index in [9.17, 15) is 14.4 Å². The van der Waals surface area contributed by atoms with E-state index in [1.54, 1.807) is 12.1 Å². The molecule has 2 aliphatic carbocycles. The number of carbonyl (C=O) groups excluding carboxylic acids is 2. The van der Waals surface area contributed by atoms with Crippen molar-refractivity contribution in [2.75, 3.05) is 6.54 Å². The van der Waals surface area contributed by atoms with Crippen LogP contribution in [0.1, 0.15) is 54.4 Å². The Kier molecular flexibility index (Phi) is 5.06. The van der Waals surface area contributed by atoms with Crippen LogP contribution in [-0.4, -0.2) is 29.4 Å². The maximum atomic E-state index is 12.1. The number of nitrogens with one attached hydrogen (secondary N) is 2. The first-order valence-electron chi connectivity index (χ1n) is 8.88. The Morgan fingerprint density at radius 2 is 1.68 bits per heavy atom. The summed E-state index contributed by atoms with van der Waals surface area (Å²) in [5.74, 6) is -0.855. The van der Waals surface area contributed by atoms with Crippen molar-refractivity contribution in [3.05, 3.63) is 35.4 Å². The van der Waals surface area contributed by atoms with Gasteiger partial charge in [-0.1, -0.05) is 25.0 Å². The smallest absolute Gasteiger partial charge is 0.311 e. The Labute approximate surface area is 147 Å². The van der Waals surface area contributed by atoms with E-state index in [0.29, 0.717) is 24.9 Å². The molecule has 0 aliphatic heterocycles. The molecule has 134 valence electrons. The van der Waals surface area contributed by atoms with E-state index in [1.165, 1.54) is 0 Å². The maximum Gasteiger partial charge on any atom is 0.311 e. The van der Waals surface area contributed by atoms with Crippen LogP contribution in [0.2, 0.25) is 0 Å². The summed E-state index contributed by atoms with van der Waals surface area (Å²) in [5, 5.41) is 14.8. The van der Waals surface area contributed by atoms with Gasteiger partial charge in [-0.3, -0.25) is 14.4 Å². The van der Waals surface area contributed by atoms with Crippen molar-refractivity contribution in [2.45, 2.75) is 45.1 Å². The largest absolute Gasteiger partial charge is 0.481 e. The van der Waals surface area contributed by atoms with Gasteiger partial charge in [0.2, 0.25) is 5.91 Å². The summed E-state index contributed by atoms with van der Waals surface area (Å²) >= 11 is 0.